The fourth-order valence-electron chi connectivity index (χ4n) is 2.64. The number of hydrogen-bond donors (Lipinski definition) is 1. The Hall–Kier alpha value is -0.0900. The van der Waals surface area contributed by atoms with E-state index in [9.17, 15) is 8.42 Å². The molecular weight excluding hydrogens is 234 g/mol. The Morgan fingerprint density at radius 1 is 1.41 bits per heavy atom. The molecule has 0 aromatic heterocycles. The van der Waals surface area contributed by atoms with Gasteiger partial charge in [0.2, 0.25) is 0 Å². The van der Waals surface area contributed by atoms with E-state index < -0.39 is 9.84 Å². The summed E-state index contributed by atoms with van der Waals surface area (Å²) in [6.07, 6.45) is 4.27. The van der Waals surface area contributed by atoms with E-state index in [0.717, 1.165) is 25.8 Å². The van der Waals surface area contributed by atoms with Gasteiger partial charge >= 0.3 is 0 Å². The zero-order valence-electron chi connectivity index (χ0n) is 11.6. The summed E-state index contributed by atoms with van der Waals surface area (Å²) in [7, 11) is -2.87. The molecule has 1 rings (SSSR count). The number of nitrogens with one attached hydrogen (secondary N) is 1. The topological polar surface area (TPSA) is 46.2 Å². The fourth-order valence-corrected chi connectivity index (χ4v) is 3.88. The van der Waals surface area contributed by atoms with E-state index in [1.54, 1.807) is 13.8 Å². The molecule has 4 heteroatoms. The zero-order chi connectivity index (χ0) is 13.1. The summed E-state index contributed by atoms with van der Waals surface area (Å²) in [4.78, 5) is 0. The number of sulfone groups is 1. The zero-order valence-corrected chi connectivity index (χ0v) is 12.4. The van der Waals surface area contributed by atoms with Crippen LogP contribution in [0.4, 0.5) is 0 Å². The van der Waals surface area contributed by atoms with Gasteiger partial charge in [-0.2, -0.15) is 0 Å². The highest BCUT2D eigenvalue weighted by Gasteiger charge is 2.35. The van der Waals surface area contributed by atoms with E-state index in [1.165, 1.54) is 6.42 Å². The predicted molar refractivity (Wildman–Crippen MR) is 73.0 cm³/mol. The molecule has 1 saturated carbocycles. The lowest BCUT2D eigenvalue weighted by molar-refractivity contribution is 0.313. The molecule has 17 heavy (non-hydrogen) atoms. The summed E-state index contributed by atoms with van der Waals surface area (Å²) in [5.74, 6) is 0.347. The first-order chi connectivity index (χ1) is 7.79. The average Bonchev–Trinajstić information content (AvgIpc) is 2.59. The van der Waals surface area contributed by atoms with Gasteiger partial charge in [0.15, 0.2) is 9.84 Å². The van der Waals surface area contributed by atoms with E-state index in [0.29, 0.717) is 11.8 Å². The van der Waals surface area contributed by atoms with Crippen LogP contribution in [0.15, 0.2) is 0 Å². The molecule has 0 heterocycles. The summed E-state index contributed by atoms with van der Waals surface area (Å²) in [6.45, 7) is 8.91. The van der Waals surface area contributed by atoms with Crippen LogP contribution < -0.4 is 5.32 Å². The lowest BCUT2D eigenvalue weighted by Crippen LogP contribution is -2.28. The third kappa shape index (κ3) is 4.25. The van der Waals surface area contributed by atoms with E-state index in [-0.39, 0.29) is 10.7 Å². The van der Waals surface area contributed by atoms with Crippen molar-refractivity contribution in [3.8, 4) is 0 Å². The third-order valence-corrected chi connectivity index (χ3v) is 6.25. The second-order valence-electron chi connectivity index (χ2n) is 5.97. The first-order valence-corrected chi connectivity index (χ1v) is 8.45. The van der Waals surface area contributed by atoms with Crippen molar-refractivity contribution in [2.75, 3.05) is 12.3 Å². The van der Waals surface area contributed by atoms with Gasteiger partial charge < -0.3 is 5.32 Å². The van der Waals surface area contributed by atoms with Crippen molar-refractivity contribution >= 4 is 9.84 Å². The summed E-state index contributed by atoms with van der Waals surface area (Å²) in [5, 5.41) is 3.23. The standard InChI is InChI=1S/C13H27NO2S/c1-5-14-12-6-7-13(4,10-12)8-9-17(15,16)11(2)3/h11-12,14H,5-10H2,1-4H3. The quantitative estimate of drug-likeness (QED) is 0.798. The molecule has 3 nitrogen and oxygen atoms in total. The number of hydrogen-bond acceptors (Lipinski definition) is 3. The van der Waals surface area contributed by atoms with Crippen molar-refractivity contribution in [1.29, 1.82) is 0 Å². The summed E-state index contributed by atoms with van der Waals surface area (Å²) in [6, 6.07) is 0.590. The molecule has 102 valence electrons. The Morgan fingerprint density at radius 3 is 2.59 bits per heavy atom. The Labute approximate surface area is 106 Å². The molecule has 0 saturated heterocycles. The largest absolute Gasteiger partial charge is 0.314 e. The molecule has 1 fully saturated rings. The van der Waals surface area contributed by atoms with Crippen LogP contribution in [0.5, 0.6) is 0 Å². The Balaban J connectivity index is 2.47. The van der Waals surface area contributed by atoms with Crippen LogP contribution >= 0.6 is 0 Å². The van der Waals surface area contributed by atoms with Gasteiger partial charge in [-0.25, -0.2) is 8.42 Å². The minimum atomic E-state index is -2.87. The van der Waals surface area contributed by atoms with Crippen LogP contribution in [0, 0.1) is 5.41 Å². The van der Waals surface area contributed by atoms with Crippen LogP contribution in [-0.4, -0.2) is 32.0 Å². The Kier molecular flexibility index (Phi) is 5.02. The van der Waals surface area contributed by atoms with E-state index in [2.05, 4.69) is 19.2 Å². The summed E-state index contributed by atoms with van der Waals surface area (Å²) >= 11 is 0. The van der Waals surface area contributed by atoms with Gasteiger partial charge in [0.05, 0.1) is 11.0 Å². The second-order valence-corrected chi connectivity index (χ2v) is 8.65. The molecule has 0 aliphatic heterocycles. The molecule has 2 unspecified atom stereocenters. The molecule has 2 atom stereocenters. The molecular formula is C13H27NO2S. The van der Waals surface area contributed by atoms with Crippen LogP contribution in [0.3, 0.4) is 0 Å². The maximum atomic E-state index is 11.8. The van der Waals surface area contributed by atoms with Gasteiger partial charge in [-0.3, -0.25) is 0 Å². The molecule has 0 radical (unpaired) electrons. The summed E-state index contributed by atoms with van der Waals surface area (Å²) in [5.41, 5.74) is 0.217. The maximum absolute atomic E-state index is 11.8. The SMILES string of the molecule is CCNC1CCC(C)(CCS(=O)(=O)C(C)C)C1. The molecule has 0 aromatic carbocycles. The van der Waals surface area contributed by atoms with Gasteiger partial charge in [0.25, 0.3) is 0 Å². The van der Waals surface area contributed by atoms with E-state index in [1.807, 2.05) is 0 Å². The van der Waals surface area contributed by atoms with Crippen molar-refractivity contribution < 1.29 is 8.42 Å². The minimum absolute atomic E-state index is 0.217. The van der Waals surface area contributed by atoms with Gasteiger partial charge in [0, 0.05) is 6.04 Å². The predicted octanol–water partition coefficient (Wildman–Crippen LogP) is 2.37. The van der Waals surface area contributed by atoms with Crippen LogP contribution in [0.1, 0.15) is 53.4 Å². The average molecular weight is 261 g/mol. The lowest BCUT2D eigenvalue weighted by Gasteiger charge is -2.24. The Bertz CT molecular complexity index is 337. The van der Waals surface area contributed by atoms with Crippen molar-refractivity contribution in [2.24, 2.45) is 5.41 Å². The van der Waals surface area contributed by atoms with Gasteiger partial charge in [0.1, 0.15) is 0 Å². The maximum Gasteiger partial charge on any atom is 0.152 e. The van der Waals surface area contributed by atoms with Crippen molar-refractivity contribution in [2.45, 2.75) is 64.7 Å². The monoisotopic (exact) mass is 261 g/mol. The molecule has 0 aromatic rings. The summed E-state index contributed by atoms with van der Waals surface area (Å²) < 4.78 is 23.6. The highest BCUT2D eigenvalue weighted by Crippen LogP contribution is 2.41. The lowest BCUT2D eigenvalue weighted by atomic mass is 9.86. The molecule has 0 bridgehead atoms. The van der Waals surface area contributed by atoms with E-state index >= 15 is 0 Å². The highest BCUT2D eigenvalue weighted by atomic mass is 32.2. The smallest absolute Gasteiger partial charge is 0.152 e. The Morgan fingerprint density at radius 2 is 2.06 bits per heavy atom. The normalized spacial score (nSPS) is 30.1. The van der Waals surface area contributed by atoms with Gasteiger partial charge in [-0.1, -0.05) is 13.8 Å². The van der Waals surface area contributed by atoms with Crippen molar-refractivity contribution in [3.05, 3.63) is 0 Å². The van der Waals surface area contributed by atoms with Gasteiger partial charge in [-0.15, -0.1) is 0 Å². The molecule has 0 spiro atoms. The third-order valence-electron chi connectivity index (χ3n) is 4.04. The van der Waals surface area contributed by atoms with Crippen molar-refractivity contribution in [3.63, 3.8) is 0 Å². The molecule has 1 aliphatic rings. The highest BCUT2D eigenvalue weighted by molar-refractivity contribution is 7.91. The van der Waals surface area contributed by atoms with E-state index in [4.69, 9.17) is 0 Å². The van der Waals surface area contributed by atoms with Crippen LogP contribution in [0.2, 0.25) is 0 Å². The van der Waals surface area contributed by atoms with Gasteiger partial charge in [-0.05, 0) is 51.5 Å². The van der Waals surface area contributed by atoms with Crippen LogP contribution in [-0.2, 0) is 9.84 Å². The molecule has 1 aliphatic carbocycles. The van der Waals surface area contributed by atoms with Crippen LogP contribution in [0.25, 0.3) is 0 Å². The first kappa shape index (κ1) is 15.0. The molecule has 1 N–H and O–H groups in total. The first-order valence-electron chi connectivity index (χ1n) is 6.74. The number of rotatable bonds is 6. The second kappa shape index (κ2) is 5.70. The minimum Gasteiger partial charge on any atom is -0.314 e. The van der Waals surface area contributed by atoms with Crippen molar-refractivity contribution in [1.82, 2.24) is 5.32 Å². The molecule has 0 amide bonds. The fraction of sp³-hybridized carbons (Fsp3) is 1.00.